The van der Waals surface area contributed by atoms with Crippen molar-refractivity contribution in [2.75, 3.05) is 18.0 Å². The molecule has 20 heavy (non-hydrogen) atoms. The van der Waals surface area contributed by atoms with Crippen molar-refractivity contribution < 1.29 is 9.34 Å². The molecule has 0 amide bonds. The molecule has 0 radical (unpaired) electrons. The van der Waals surface area contributed by atoms with Gasteiger partial charge in [-0.3, -0.25) is 10.1 Å². The zero-order valence-electron chi connectivity index (χ0n) is 11.2. The molecule has 7 heteroatoms. The van der Waals surface area contributed by atoms with E-state index in [1.165, 1.54) is 12.1 Å². The summed E-state index contributed by atoms with van der Waals surface area (Å²) in [5.74, 6) is 0.475. The molecular weight excluding hydrogens is 260 g/mol. The van der Waals surface area contributed by atoms with Crippen molar-refractivity contribution >= 4 is 22.8 Å². The molecule has 1 saturated heterocycles. The van der Waals surface area contributed by atoms with Crippen LogP contribution in [0.2, 0.25) is 0 Å². The van der Waals surface area contributed by atoms with Crippen LogP contribution in [-0.4, -0.2) is 29.0 Å². The molecule has 1 aromatic heterocycles. The van der Waals surface area contributed by atoms with E-state index in [0.29, 0.717) is 29.6 Å². The van der Waals surface area contributed by atoms with Gasteiger partial charge in [-0.2, -0.15) is 4.98 Å². The van der Waals surface area contributed by atoms with Crippen LogP contribution in [0.1, 0.15) is 13.3 Å². The third-order valence-corrected chi connectivity index (χ3v) is 3.53. The molecule has 106 valence electrons. The van der Waals surface area contributed by atoms with Crippen LogP contribution in [0.5, 0.6) is 0 Å². The average Bonchev–Trinajstić information content (AvgIpc) is 2.80. The number of piperidine rings is 1. The van der Waals surface area contributed by atoms with Gasteiger partial charge in [0.05, 0.1) is 4.92 Å². The second-order valence-electron chi connectivity index (χ2n) is 5.41. The Kier molecular flexibility index (Phi) is 3.06. The van der Waals surface area contributed by atoms with E-state index >= 15 is 0 Å². The van der Waals surface area contributed by atoms with E-state index < -0.39 is 4.92 Å². The first-order valence-electron chi connectivity index (χ1n) is 6.58. The van der Waals surface area contributed by atoms with E-state index in [2.05, 4.69) is 11.9 Å². The third kappa shape index (κ3) is 2.32. The SMILES string of the molecule is CC1CC(N)CN(c2nc3cc([N+](=O)[O-])ccc3o2)C1. The van der Waals surface area contributed by atoms with E-state index in [4.69, 9.17) is 10.2 Å². The van der Waals surface area contributed by atoms with Gasteiger partial charge in [-0.1, -0.05) is 6.92 Å². The Morgan fingerprint density at radius 1 is 1.50 bits per heavy atom. The smallest absolute Gasteiger partial charge is 0.298 e. The number of aromatic nitrogens is 1. The number of benzene rings is 1. The van der Waals surface area contributed by atoms with Crippen LogP contribution in [0.4, 0.5) is 11.7 Å². The molecule has 1 fully saturated rings. The highest BCUT2D eigenvalue weighted by molar-refractivity contribution is 5.77. The van der Waals surface area contributed by atoms with Crippen molar-refractivity contribution in [2.45, 2.75) is 19.4 Å². The van der Waals surface area contributed by atoms with Crippen LogP contribution in [0.15, 0.2) is 22.6 Å². The number of hydrogen-bond acceptors (Lipinski definition) is 6. The fourth-order valence-corrected chi connectivity index (χ4v) is 2.71. The first kappa shape index (κ1) is 12.9. The normalized spacial score (nSPS) is 23.2. The molecule has 1 aromatic carbocycles. The summed E-state index contributed by atoms with van der Waals surface area (Å²) in [6.45, 7) is 3.67. The predicted octanol–water partition coefficient (Wildman–Crippen LogP) is 1.91. The quantitative estimate of drug-likeness (QED) is 0.664. The minimum atomic E-state index is -0.438. The van der Waals surface area contributed by atoms with Crippen LogP contribution >= 0.6 is 0 Å². The molecule has 0 bridgehead atoms. The third-order valence-electron chi connectivity index (χ3n) is 3.53. The molecule has 2 unspecified atom stereocenters. The van der Waals surface area contributed by atoms with Crippen LogP contribution in [-0.2, 0) is 0 Å². The zero-order chi connectivity index (χ0) is 14.3. The fourth-order valence-electron chi connectivity index (χ4n) is 2.71. The fraction of sp³-hybridized carbons (Fsp3) is 0.462. The number of fused-ring (bicyclic) bond motifs is 1. The molecule has 7 nitrogen and oxygen atoms in total. The zero-order valence-corrected chi connectivity index (χ0v) is 11.2. The Balaban J connectivity index is 1.94. The molecule has 2 atom stereocenters. The van der Waals surface area contributed by atoms with Crippen LogP contribution in [0.25, 0.3) is 11.1 Å². The van der Waals surface area contributed by atoms with E-state index in [1.54, 1.807) is 6.07 Å². The Morgan fingerprint density at radius 2 is 2.30 bits per heavy atom. The average molecular weight is 276 g/mol. The topological polar surface area (TPSA) is 98.4 Å². The van der Waals surface area contributed by atoms with Gasteiger partial charge < -0.3 is 15.1 Å². The van der Waals surface area contributed by atoms with Crippen LogP contribution in [0.3, 0.4) is 0 Å². The van der Waals surface area contributed by atoms with Gasteiger partial charge in [-0.15, -0.1) is 0 Å². The summed E-state index contributed by atoms with van der Waals surface area (Å²) in [6.07, 6.45) is 0.988. The van der Waals surface area contributed by atoms with Crippen molar-refractivity contribution in [3.63, 3.8) is 0 Å². The lowest BCUT2D eigenvalue weighted by Gasteiger charge is -2.33. The number of non-ortho nitro benzene ring substituents is 1. The number of anilines is 1. The van der Waals surface area contributed by atoms with E-state index in [-0.39, 0.29) is 11.7 Å². The summed E-state index contributed by atoms with van der Waals surface area (Å²) in [7, 11) is 0. The number of rotatable bonds is 2. The molecule has 0 spiro atoms. The second kappa shape index (κ2) is 4.75. The first-order chi connectivity index (χ1) is 9.52. The molecule has 2 N–H and O–H groups in total. The second-order valence-corrected chi connectivity index (χ2v) is 5.41. The van der Waals surface area contributed by atoms with Crippen LogP contribution < -0.4 is 10.6 Å². The van der Waals surface area contributed by atoms with Gasteiger partial charge in [-0.25, -0.2) is 0 Å². The lowest BCUT2D eigenvalue weighted by Crippen LogP contribution is -2.46. The Morgan fingerprint density at radius 3 is 3.00 bits per heavy atom. The Labute approximate surface area is 115 Å². The van der Waals surface area contributed by atoms with E-state index in [1.807, 2.05) is 4.90 Å². The number of nitrogens with two attached hydrogens (primary N) is 1. The van der Waals surface area contributed by atoms with Gasteiger partial charge >= 0.3 is 0 Å². The monoisotopic (exact) mass is 276 g/mol. The standard InChI is InChI=1S/C13H16N4O3/c1-8-4-9(14)7-16(6-8)13-15-11-5-10(17(18)19)2-3-12(11)20-13/h2-3,5,8-9H,4,6-7,14H2,1H3. The number of nitrogens with zero attached hydrogens (tertiary/aromatic N) is 3. The van der Waals surface area contributed by atoms with Gasteiger partial charge in [0, 0.05) is 31.3 Å². The van der Waals surface area contributed by atoms with Crippen molar-refractivity contribution in [3.05, 3.63) is 28.3 Å². The summed E-state index contributed by atoms with van der Waals surface area (Å²) >= 11 is 0. The van der Waals surface area contributed by atoms with E-state index in [0.717, 1.165) is 13.0 Å². The highest BCUT2D eigenvalue weighted by atomic mass is 16.6. The lowest BCUT2D eigenvalue weighted by atomic mass is 9.97. The molecule has 0 saturated carbocycles. The summed E-state index contributed by atoms with van der Waals surface area (Å²) < 4.78 is 5.68. The van der Waals surface area contributed by atoms with Crippen molar-refractivity contribution in [1.29, 1.82) is 0 Å². The van der Waals surface area contributed by atoms with Crippen LogP contribution in [0, 0.1) is 16.0 Å². The molecule has 1 aliphatic heterocycles. The van der Waals surface area contributed by atoms with E-state index in [9.17, 15) is 10.1 Å². The maximum Gasteiger partial charge on any atom is 0.298 e. The van der Waals surface area contributed by atoms with Crippen molar-refractivity contribution in [2.24, 2.45) is 11.7 Å². The lowest BCUT2D eigenvalue weighted by molar-refractivity contribution is -0.384. The number of nitro benzene ring substituents is 1. The van der Waals surface area contributed by atoms with Crippen molar-refractivity contribution in [3.8, 4) is 0 Å². The van der Waals surface area contributed by atoms with Gasteiger partial charge in [0.25, 0.3) is 11.7 Å². The Hall–Kier alpha value is -2.15. The molecule has 0 aliphatic carbocycles. The number of hydrogen-bond donors (Lipinski definition) is 1. The van der Waals surface area contributed by atoms with Gasteiger partial charge in [0.1, 0.15) is 5.52 Å². The Bertz CT molecular complexity index is 644. The molecule has 2 heterocycles. The predicted molar refractivity (Wildman–Crippen MR) is 74.6 cm³/mol. The minimum Gasteiger partial charge on any atom is -0.423 e. The first-order valence-corrected chi connectivity index (χ1v) is 6.58. The highest BCUT2D eigenvalue weighted by Gasteiger charge is 2.25. The highest BCUT2D eigenvalue weighted by Crippen LogP contribution is 2.28. The van der Waals surface area contributed by atoms with Crippen molar-refractivity contribution in [1.82, 2.24) is 4.98 Å². The summed E-state index contributed by atoms with van der Waals surface area (Å²) in [6, 6.07) is 5.01. The molecule has 1 aliphatic rings. The summed E-state index contributed by atoms with van der Waals surface area (Å²) in [4.78, 5) is 16.7. The minimum absolute atomic E-state index is 0.0149. The van der Waals surface area contributed by atoms with Gasteiger partial charge in [-0.05, 0) is 18.4 Å². The molecule has 2 aromatic rings. The maximum absolute atomic E-state index is 10.8. The summed E-state index contributed by atoms with van der Waals surface area (Å²) in [5, 5.41) is 10.8. The number of oxazole rings is 1. The molecule has 3 rings (SSSR count). The summed E-state index contributed by atoms with van der Waals surface area (Å²) in [5.41, 5.74) is 7.08. The van der Waals surface area contributed by atoms with Gasteiger partial charge in [0.2, 0.25) is 0 Å². The largest absolute Gasteiger partial charge is 0.423 e. The van der Waals surface area contributed by atoms with Gasteiger partial charge in [0.15, 0.2) is 5.58 Å². The number of nitro groups is 1. The molecular formula is C13H16N4O3. The maximum atomic E-state index is 10.8.